The molecule has 0 fully saturated rings. The lowest BCUT2D eigenvalue weighted by Crippen LogP contribution is -2.32. The normalized spacial score (nSPS) is 14.3. The topological polar surface area (TPSA) is 66.4 Å². The standard InChI is InChI=1S/C10H19NO3S/c1-4-5-11-10(14)8(3)15-7(2)6-9(12)13/h7-8H,4-6H2,1-3H3,(H,11,14)(H,12,13). The van der Waals surface area contributed by atoms with Crippen LogP contribution in [0.1, 0.15) is 33.6 Å². The summed E-state index contributed by atoms with van der Waals surface area (Å²) in [5.74, 6) is -0.838. The van der Waals surface area contributed by atoms with E-state index in [1.807, 2.05) is 13.8 Å². The highest BCUT2D eigenvalue weighted by molar-refractivity contribution is 8.01. The highest BCUT2D eigenvalue weighted by atomic mass is 32.2. The van der Waals surface area contributed by atoms with Crippen LogP contribution in [0.4, 0.5) is 0 Å². The molecular weight excluding hydrogens is 214 g/mol. The molecule has 0 aromatic heterocycles. The van der Waals surface area contributed by atoms with E-state index in [-0.39, 0.29) is 22.8 Å². The minimum absolute atomic E-state index is 0.0147. The Kier molecular flexibility index (Phi) is 7.21. The minimum atomic E-state index is -0.823. The Labute approximate surface area is 94.8 Å². The van der Waals surface area contributed by atoms with Gasteiger partial charge in [0.05, 0.1) is 11.7 Å². The van der Waals surface area contributed by atoms with E-state index < -0.39 is 5.97 Å². The van der Waals surface area contributed by atoms with Crippen molar-refractivity contribution < 1.29 is 14.7 Å². The maximum absolute atomic E-state index is 11.4. The molecule has 0 rings (SSSR count). The Morgan fingerprint density at radius 2 is 2.00 bits per heavy atom. The predicted octanol–water partition coefficient (Wildman–Crippen LogP) is 1.50. The molecule has 0 saturated carbocycles. The highest BCUT2D eigenvalue weighted by Crippen LogP contribution is 2.20. The zero-order valence-corrected chi connectivity index (χ0v) is 10.3. The number of thioether (sulfide) groups is 1. The highest BCUT2D eigenvalue weighted by Gasteiger charge is 2.17. The fraction of sp³-hybridized carbons (Fsp3) is 0.800. The molecule has 0 aromatic rings. The number of hydrogen-bond donors (Lipinski definition) is 2. The summed E-state index contributed by atoms with van der Waals surface area (Å²) < 4.78 is 0. The maximum Gasteiger partial charge on any atom is 0.304 e. The average Bonchev–Trinajstić information content (AvgIpc) is 2.12. The molecule has 1 amide bonds. The minimum Gasteiger partial charge on any atom is -0.481 e. The van der Waals surface area contributed by atoms with Crippen LogP contribution in [-0.2, 0) is 9.59 Å². The van der Waals surface area contributed by atoms with Gasteiger partial charge in [0.1, 0.15) is 0 Å². The van der Waals surface area contributed by atoms with Gasteiger partial charge < -0.3 is 10.4 Å². The first-order chi connectivity index (χ1) is 6.97. The Morgan fingerprint density at radius 3 is 2.47 bits per heavy atom. The first-order valence-electron chi connectivity index (χ1n) is 5.12. The number of nitrogens with one attached hydrogen (secondary N) is 1. The second-order valence-corrected chi connectivity index (χ2v) is 5.26. The van der Waals surface area contributed by atoms with Crippen LogP contribution in [0.2, 0.25) is 0 Å². The van der Waals surface area contributed by atoms with Gasteiger partial charge in [-0.15, -0.1) is 11.8 Å². The summed E-state index contributed by atoms with van der Waals surface area (Å²) in [7, 11) is 0. The summed E-state index contributed by atoms with van der Waals surface area (Å²) in [6, 6.07) is 0. The Morgan fingerprint density at radius 1 is 1.40 bits per heavy atom. The molecule has 0 bridgehead atoms. The fourth-order valence-electron chi connectivity index (χ4n) is 1.10. The van der Waals surface area contributed by atoms with Gasteiger partial charge in [-0.25, -0.2) is 0 Å². The molecule has 15 heavy (non-hydrogen) atoms. The van der Waals surface area contributed by atoms with Crippen LogP contribution in [0.25, 0.3) is 0 Å². The second kappa shape index (κ2) is 7.56. The number of aliphatic carboxylic acids is 1. The van der Waals surface area contributed by atoms with Crippen molar-refractivity contribution in [3.63, 3.8) is 0 Å². The third-order valence-electron chi connectivity index (χ3n) is 1.82. The van der Waals surface area contributed by atoms with E-state index in [4.69, 9.17) is 5.11 Å². The molecule has 4 nitrogen and oxygen atoms in total. The lowest BCUT2D eigenvalue weighted by molar-refractivity contribution is -0.136. The quantitative estimate of drug-likeness (QED) is 0.699. The summed E-state index contributed by atoms with van der Waals surface area (Å²) >= 11 is 1.39. The molecule has 0 aliphatic rings. The number of carboxylic acids is 1. The van der Waals surface area contributed by atoms with Crippen LogP contribution in [-0.4, -0.2) is 34.0 Å². The number of carbonyl (C=O) groups excluding carboxylic acids is 1. The van der Waals surface area contributed by atoms with Crippen LogP contribution < -0.4 is 5.32 Å². The number of carboxylic acid groups (broad SMARTS) is 1. The number of rotatable bonds is 7. The van der Waals surface area contributed by atoms with Gasteiger partial charge in [0.25, 0.3) is 0 Å². The Balaban J connectivity index is 3.84. The first kappa shape index (κ1) is 14.3. The van der Waals surface area contributed by atoms with Gasteiger partial charge in [0, 0.05) is 11.8 Å². The van der Waals surface area contributed by atoms with Crippen molar-refractivity contribution in [3.05, 3.63) is 0 Å². The van der Waals surface area contributed by atoms with Crippen LogP contribution in [0.15, 0.2) is 0 Å². The molecule has 88 valence electrons. The third-order valence-corrected chi connectivity index (χ3v) is 3.07. The molecule has 0 aromatic carbocycles. The fourth-order valence-corrected chi connectivity index (χ4v) is 2.24. The van der Waals surface area contributed by atoms with Crippen LogP contribution >= 0.6 is 11.8 Å². The molecule has 2 unspecified atom stereocenters. The smallest absolute Gasteiger partial charge is 0.304 e. The molecule has 5 heteroatoms. The van der Waals surface area contributed by atoms with Crippen LogP contribution in [0.5, 0.6) is 0 Å². The van der Waals surface area contributed by atoms with Crippen molar-refractivity contribution in [2.75, 3.05) is 6.54 Å². The molecule has 2 atom stereocenters. The van der Waals surface area contributed by atoms with E-state index in [1.165, 1.54) is 11.8 Å². The van der Waals surface area contributed by atoms with Gasteiger partial charge in [0.2, 0.25) is 5.91 Å². The van der Waals surface area contributed by atoms with E-state index in [9.17, 15) is 9.59 Å². The maximum atomic E-state index is 11.4. The Bertz CT molecular complexity index is 221. The Hall–Kier alpha value is -0.710. The van der Waals surface area contributed by atoms with E-state index >= 15 is 0 Å². The second-order valence-electron chi connectivity index (χ2n) is 3.48. The molecule has 2 N–H and O–H groups in total. The summed E-state index contributed by atoms with van der Waals surface area (Å²) in [4.78, 5) is 21.9. The van der Waals surface area contributed by atoms with E-state index in [2.05, 4.69) is 5.32 Å². The van der Waals surface area contributed by atoms with Crippen molar-refractivity contribution in [1.82, 2.24) is 5.32 Å². The average molecular weight is 233 g/mol. The summed E-state index contributed by atoms with van der Waals surface area (Å²) in [5.41, 5.74) is 0. The molecule has 0 saturated heterocycles. The molecule has 0 aliphatic carbocycles. The molecule has 0 radical (unpaired) electrons. The van der Waals surface area contributed by atoms with E-state index in [1.54, 1.807) is 6.92 Å². The molecule has 0 heterocycles. The van der Waals surface area contributed by atoms with Gasteiger partial charge >= 0.3 is 5.97 Å². The number of carbonyl (C=O) groups is 2. The van der Waals surface area contributed by atoms with E-state index in [0.717, 1.165) is 6.42 Å². The summed E-state index contributed by atoms with van der Waals surface area (Å²) in [5, 5.41) is 11.1. The lowest BCUT2D eigenvalue weighted by Gasteiger charge is -2.15. The van der Waals surface area contributed by atoms with Crippen molar-refractivity contribution in [2.24, 2.45) is 0 Å². The van der Waals surface area contributed by atoms with Gasteiger partial charge in [-0.05, 0) is 13.3 Å². The predicted molar refractivity (Wildman–Crippen MR) is 62.1 cm³/mol. The van der Waals surface area contributed by atoms with Crippen LogP contribution in [0.3, 0.4) is 0 Å². The van der Waals surface area contributed by atoms with Crippen molar-refractivity contribution in [3.8, 4) is 0 Å². The van der Waals surface area contributed by atoms with Crippen LogP contribution in [0, 0.1) is 0 Å². The zero-order chi connectivity index (χ0) is 11.8. The van der Waals surface area contributed by atoms with E-state index in [0.29, 0.717) is 6.54 Å². The van der Waals surface area contributed by atoms with Gasteiger partial charge in [0.15, 0.2) is 0 Å². The first-order valence-corrected chi connectivity index (χ1v) is 6.06. The number of amides is 1. The monoisotopic (exact) mass is 233 g/mol. The summed E-state index contributed by atoms with van der Waals surface area (Å²) in [6.45, 7) is 6.29. The van der Waals surface area contributed by atoms with Crippen molar-refractivity contribution in [1.29, 1.82) is 0 Å². The summed E-state index contributed by atoms with van der Waals surface area (Å²) in [6.07, 6.45) is 1.00. The van der Waals surface area contributed by atoms with Crippen molar-refractivity contribution >= 4 is 23.6 Å². The molecule has 0 spiro atoms. The third kappa shape index (κ3) is 7.25. The van der Waals surface area contributed by atoms with Gasteiger partial charge in [-0.2, -0.15) is 0 Å². The SMILES string of the molecule is CCCNC(=O)C(C)SC(C)CC(=O)O. The van der Waals surface area contributed by atoms with Gasteiger partial charge in [-0.3, -0.25) is 9.59 Å². The van der Waals surface area contributed by atoms with Crippen molar-refractivity contribution in [2.45, 2.75) is 44.1 Å². The number of hydrogen-bond acceptors (Lipinski definition) is 3. The van der Waals surface area contributed by atoms with Gasteiger partial charge in [-0.1, -0.05) is 13.8 Å². The molecule has 0 aliphatic heterocycles. The zero-order valence-electron chi connectivity index (χ0n) is 9.45. The largest absolute Gasteiger partial charge is 0.481 e. The molecular formula is C10H19NO3S. The lowest BCUT2D eigenvalue weighted by atomic mass is 10.3.